The van der Waals surface area contributed by atoms with E-state index in [0.717, 1.165) is 19.6 Å². The second-order valence-corrected chi connectivity index (χ2v) is 5.16. The van der Waals surface area contributed by atoms with Crippen molar-refractivity contribution >= 4 is 5.97 Å². The maximum Gasteiger partial charge on any atom is 0.303 e. The van der Waals surface area contributed by atoms with Crippen molar-refractivity contribution in [2.45, 2.75) is 59.4 Å². The molecule has 1 aliphatic heterocycles. The van der Waals surface area contributed by atoms with Crippen molar-refractivity contribution in [3.05, 3.63) is 0 Å². The molecular weight excluding hydrogens is 208 g/mol. The molecule has 0 aromatic rings. The van der Waals surface area contributed by atoms with Gasteiger partial charge in [-0.05, 0) is 41.0 Å². The van der Waals surface area contributed by atoms with Gasteiger partial charge in [-0.25, -0.2) is 0 Å². The topological polar surface area (TPSA) is 44.8 Å². The maximum atomic E-state index is 10.2. The summed E-state index contributed by atoms with van der Waals surface area (Å²) in [6.07, 6.45) is 1.03. The lowest BCUT2D eigenvalue weighted by Gasteiger charge is -2.29. The Balaban J connectivity index is 0.000000281. The quantitative estimate of drug-likeness (QED) is 0.602. The first kappa shape index (κ1) is 15.4. The van der Waals surface area contributed by atoms with Crippen LogP contribution in [-0.2, 0) is 19.0 Å². The zero-order chi connectivity index (χ0) is 12.8. The average molecular weight is 232 g/mol. The molecule has 4 heteroatoms. The van der Waals surface area contributed by atoms with Gasteiger partial charge in [-0.15, -0.1) is 0 Å². The largest absolute Gasteiger partial charge is 0.460 e. The number of hydrogen-bond acceptors (Lipinski definition) is 4. The Morgan fingerprint density at radius 2 is 1.62 bits per heavy atom. The molecule has 1 fully saturated rings. The maximum absolute atomic E-state index is 10.2. The zero-order valence-electron chi connectivity index (χ0n) is 11.3. The van der Waals surface area contributed by atoms with Crippen molar-refractivity contribution in [2.24, 2.45) is 0 Å². The van der Waals surface area contributed by atoms with E-state index in [2.05, 4.69) is 0 Å². The molecule has 0 aliphatic carbocycles. The van der Waals surface area contributed by atoms with E-state index in [1.54, 1.807) is 0 Å². The summed E-state index contributed by atoms with van der Waals surface area (Å²) in [5, 5.41) is 0. The third-order valence-corrected chi connectivity index (χ3v) is 1.64. The van der Waals surface area contributed by atoms with E-state index >= 15 is 0 Å². The molecule has 0 unspecified atom stereocenters. The summed E-state index contributed by atoms with van der Waals surface area (Å²) in [4.78, 5) is 10.2. The fourth-order valence-electron chi connectivity index (χ4n) is 1.17. The molecule has 1 rings (SSSR count). The molecule has 0 aromatic carbocycles. The number of esters is 1. The Kier molecular flexibility index (Phi) is 5.97. The van der Waals surface area contributed by atoms with Gasteiger partial charge in [-0.1, -0.05) is 0 Å². The van der Waals surface area contributed by atoms with Crippen LogP contribution in [0.1, 0.15) is 48.0 Å². The van der Waals surface area contributed by atoms with E-state index in [9.17, 15) is 4.79 Å². The average Bonchev–Trinajstić information content (AvgIpc) is 1.99. The minimum atomic E-state index is -0.328. The molecule has 0 radical (unpaired) electrons. The number of ether oxygens (including phenoxy) is 3. The van der Waals surface area contributed by atoms with Crippen LogP contribution in [0.15, 0.2) is 0 Å². The molecule has 16 heavy (non-hydrogen) atoms. The van der Waals surface area contributed by atoms with Crippen molar-refractivity contribution in [3.63, 3.8) is 0 Å². The molecule has 4 nitrogen and oxygen atoms in total. The lowest BCUT2D eigenvalue weighted by molar-refractivity contribution is -0.244. The third kappa shape index (κ3) is 9.93. The van der Waals surface area contributed by atoms with Crippen LogP contribution < -0.4 is 0 Å². The van der Waals surface area contributed by atoms with Crippen LogP contribution in [0.5, 0.6) is 0 Å². The summed E-state index contributed by atoms with van der Waals surface area (Å²) in [5.74, 6) is -0.546. The smallest absolute Gasteiger partial charge is 0.303 e. The first-order valence-electron chi connectivity index (χ1n) is 5.60. The molecule has 0 saturated carbocycles. The van der Waals surface area contributed by atoms with E-state index in [1.807, 2.05) is 34.6 Å². The Hall–Kier alpha value is -0.610. The number of rotatable bonds is 0. The van der Waals surface area contributed by atoms with Crippen molar-refractivity contribution in [1.82, 2.24) is 0 Å². The standard InChI is InChI=1S/2C6H12O2/c1-6(2)7-4-3-5-8-6;1-5(7)8-6(2,3)4/h3-5H2,1-2H3;1-4H3. The molecule has 0 N–H and O–H groups in total. The fourth-order valence-corrected chi connectivity index (χ4v) is 1.17. The molecule has 1 heterocycles. The molecule has 1 saturated heterocycles. The van der Waals surface area contributed by atoms with E-state index in [0.29, 0.717) is 0 Å². The summed E-state index contributed by atoms with van der Waals surface area (Å²) in [7, 11) is 0. The highest BCUT2D eigenvalue weighted by Gasteiger charge is 2.21. The predicted molar refractivity (Wildman–Crippen MR) is 62.1 cm³/mol. The molecule has 0 spiro atoms. The second-order valence-electron chi connectivity index (χ2n) is 5.16. The van der Waals surface area contributed by atoms with E-state index < -0.39 is 0 Å². The van der Waals surface area contributed by atoms with Crippen LogP contribution in [0.2, 0.25) is 0 Å². The van der Waals surface area contributed by atoms with Crippen molar-refractivity contribution in [3.8, 4) is 0 Å². The van der Waals surface area contributed by atoms with Crippen molar-refractivity contribution in [2.75, 3.05) is 13.2 Å². The summed E-state index contributed by atoms with van der Waals surface area (Å²) in [5.41, 5.74) is -0.328. The first-order chi connectivity index (χ1) is 7.12. The van der Waals surface area contributed by atoms with Gasteiger partial charge in [-0.2, -0.15) is 0 Å². The van der Waals surface area contributed by atoms with E-state index in [4.69, 9.17) is 14.2 Å². The molecule has 0 atom stereocenters. The van der Waals surface area contributed by atoms with Crippen molar-refractivity contribution in [1.29, 1.82) is 0 Å². The fraction of sp³-hybridized carbons (Fsp3) is 0.917. The van der Waals surface area contributed by atoms with E-state index in [-0.39, 0.29) is 17.4 Å². The lowest BCUT2D eigenvalue weighted by Crippen LogP contribution is -2.33. The molecule has 0 aromatic heterocycles. The number of carbonyl (C=O) groups is 1. The Morgan fingerprint density at radius 3 is 1.75 bits per heavy atom. The Bertz CT molecular complexity index is 208. The molecule has 96 valence electrons. The monoisotopic (exact) mass is 232 g/mol. The SMILES string of the molecule is CC(=O)OC(C)(C)C.CC1(C)OCCCO1. The molecule has 0 amide bonds. The van der Waals surface area contributed by atoms with Crippen LogP contribution in [0, 0.1) is 0 Å². The second kappa shape index (κ2) is 6.21. The number of hydrogen-bond donors (Lipinski definition) is 0. The summed E-state index contributed by atoms with van der Waals surface area (Å²) < 4.78 is 15.3. The number of carbonyl (C=O) groups excluding carboxylic acids is 1. The normalized spacial score (nSPS) is 19.4. The van der Waals surface area contributed by atoms with Gasteiger partial charge in [0, 0.05) is 6.92 Å². The van der Waals surface area contributed by atoms with Crippen LogP contribution in [0.3, 0.4) is 0 Å². The van der Waals surface area contributed by atoms with E-state index in [1.165, 1.54) is 6.92 Å². The molecule has 1 aliphatic rings. The minimum Gasteiger partial charge on any atom is -0.460 e. The molecular formula is C12H24O4. The van der Waals surface area contributed by atoms with Gasteiger partial charge in [-0.3, -0.25) is 4.79 Å². The van der Waals surface area contributed by atoms with Gasteiger partial charge < -0.3 is 14.2 Å². The van der Waals surface area contributed by atoms with Gasteiger partial charge in [0.05, 0.1) is 13.2 Å². The molecule has 0 bridgehead atoms. The highest BCUT2D eigenvalue weighted by Crippen LogP contribution is 2.15. The summed E-state index contributed by atoms with van der Waals surface area (Å²) in [6.45, 7) is 12.5. The Morgan fingerprint density at radius 1 is 1.19 bits per heavy atom. The van der Waals surface area contributed by atoms with Crippen LogP contribution in [-0.4, -0.2) is 30.6 Å². The van der Waals surface area contributed by atoms with Gasteiger partial charge in [0.15, 0.2) is 5.79 Å². The van der Waals surface area contributed by atoms with Crippen LogP contribution in [0.25, 0.3) is 0 Å². The summed E-state index contributed by atoms with van der Waals surface area (Å²) in [6, 6.07) is 0. The third-order valence-electron chi connectivity index (χ3n) is 1.64. The van der Waals surface area contributed by atoms with Gasteiger partial charge in [0.1, 0.15) is 5.60 Å². The highest BCUT2D eigenvalue weighted by atomic mass is 16.7. The predicted octanol–water partition coefficient (Wildman–Crippen LogP) is 2.51. The van der Waals surface area contributed by atoms with Crippen molar-refractivity contribution < 1.29 is 19.0 Å². The van der Waals surface area contributed by atoms with Crippen LogP contribution >= 0.6 is 0 Å². The van der Waals surface area contributed by atoms with Gasteiger partial charge in [0.2, 0.25) is 0 Å². The van der Waals surface area contributed by atoms with Gasteiger partial charge in [0.25, 0.3) is 0 Å². The Labute approximate surface area is 98.3 Å². The minimum absolute atomic E-state index is 0.225. The zero-order valence-corrected chi connectivity index (χ0v) is 11.3. The lowest BCUT2D eigenvalue weighted by atomic mass is 10.2. The highest BCUT2D eigenvalue weighted by molar-refractivity contribution is 5.66. The van der Waals surface area contributed by atoms with Gasteiger partial charge >= 0.3 is 5.97 Å². The first-order valence-corrected chi connectivity index (χ1v) is 5.60. The van der Waals surface area contributed by atoms with Crippen LogP contribution in [0.4, 0.5) is 0 Å². The summed E-state index contributed by atoms with van der Waals surface area (Å²) >= 11 is 0.